The van der Waals surface area contributed by atoms with Crippen molar-refractivity contribution in [2.45, 2.75) is 39.2 Å². The summed E-state index contributed by atoms with van der Waals surface area (Å²) in [5.74, 6) is 0.909. The number of anilines is 1. The van der Waals surface area contributed by atoms with Crippen molar-refractivity contribution in [2.24, 2.45) is 0 Å². The fraction of sp³-hybridized carbons (Fsp3) is 0.533. The summed E-state index contributed by atoms with van der Waals surface area (Å²) in [4.78, 5) is 11.8. The topological polar surface area (TPSA) is 50.4 Å². The van der Waals surface area contributed by atoms with Gasteiger partial charge in [-0.1, -0.05) is 0 Å². The Morgan fingerprint density at radius 3 is 2.68 bits per heavy atom. The van der Waals surface area contributed by atoms with Crippen molar-refractivity contribution in [2.75, 3.05) is 19.0 Å². The third-order valence-electron chi connectivity index (χ3n) is 3.38. The van der Waals surface area contributed by atoms with Gasteiger partial charge in [0.05, 0.1) is 7.11 Å². The molecule has 1 fully saturated rings. The summed E-state index contributed by atoms with van der Waals surface area (Å²) in [5.41, 5.74) is 2.92. The lowest BCUT2D eigenvalue weighted by atomic mass is 10.1. The van der Waals surface area contributed by atoms with Crippen LogP contribution in [0.3, 0.4) is 0 Å². The zero-order valence-corrected chi connectivity index (χ0v) is 11.9. The fourth-order valence-corrected chi connectivity index (χ4v) is 2.03. The van der Waals surface area contributed by atoms with Crippen LogP contribution in [0.5, 0.6) is 5.75 Å². The van der Waals surface area contributed by atoms with E-state index in [2.05, 4.69) is 10.6 Å². The standard InChI is InChI=1S/C15H22N2O2/c1-10-9-14(19-3)11(2)8-13(10)17-15(18)6-7-16-12-4-5-12/h8-9,12,16H,4-7H2,1-3H3,(H,17,18). The third-order valence-corrected chi connectivity index (χ3v) is 3.38. The van der Waals surface area contributed by atoms with E-state index >= 15 is 0 Å². The molecular formula is C15H22N2O2. The van der Waals surface area contributed by atoms with Gasteiger partial charge in [0.2, 0.25) is 5.91 Å². The summed E-state index contributed by atoms with van der Waals surface area (Å²) in [6, 6.07) is 4.56. The van der Waals surface area contributed by atoms with Crippen LogP contribution in [-0.2, 0) is 4.79 Å². The summed E-state index contributed by atoms with van der Waals surface area (Å²) in [5, 5.41) is 6.30. The van der Waals surface area contributed by atoms with Gasteiger partial charge in [0.1, 0.15) is 5.75 Å². The maximum absolute atomic E-state index is 11.8. The minimum Gasteiger partial charge on any atom is -0.496 e. The molecule has 0 spiro atoms. The molecule has 0 unspecified atom stereocenters. The molecule has 0 radical (unpaired) electrons. The largest absolute Gasteiger partial charge is 0.496 e. The molecule has 2 rings (SSSR count). The normalized spacial score (nSPS) is 14.3. The van der Waals surface area contributed by atoms with E-state index in [-0.39, 0.29) is 5.91 Å². The molecule has 4 heteroatoms. The molecule has 1 aliphatic rings. The number of aryl methyl sites for hydroxylation is 2. The van der Waals surface area contributed by atoms with Gasteiger partial charge in [-0.2, -0.15) is 0 Å². The molecule has 0 bridgehead atoms. The van der Waals surface area contributed by atoms with Gasteiger partial charge in [-0.25, -0.2) is 0 Å². The van der Waals surface area contributed by atoms with Crippen molar-refractivity contribution in [1.82, 2.24) is 5.32 Å². The molecule has 104 valence electrons. The highest BCUT2D eigenvalue weighted by atomic mass is 16.5. The molecule has 2 N–H and O–H groups in total. The van der Waals surface area contributed by atoms with Crippen molar-refractivity contribution in [3.05, 3.63) is 23.3 Å². The van der Waals surface area contributed by atoms with Crippen molar-refractivity contribution in [3.8, 4) is 5.75 Å². The van der Waals surface area contributed by atoms with Crippen LogP contribution >= 0.6 is 0 Å². The lowest BCUT2D eigenvalue weighted by molar-refractivity contribution is -0.116. The molecule has 0 aliphatic heterocycles. The molecule has 1 amide bonds. The lowest BCUT2D eigenvalue weighted by Gasteiger charge is -2.12. The van der Waals surface area contributed by atoms with Crippen molar-refractivity contribution in [1.29, 1.82) is 0 Å². The first-order valence-electron chi connectivity index (χ1n) is 6.78. The first kappa shape index (κ1) is 13.9. The number of rotatable bonds is 6. The quantitative estimate of drug-likeness (QED) is 0.827. The van der Waals surface area contributed by atoms with Gasteiger partial charge in [-0.05, 0) is 49.9 Å². The molecule has 1 aromatic carbocycles. The van der Waals surface area contributed by atoms with Crippen LogP contribution in [-0.4, -0.2) is 25.6 Å². The zero-order valence-electron chi connectivity index (χ0n) is 11.9. The van der Waals surface area contributed by atoms with Crippen LogP contribution in [0.1, 0.15) is 30.4 Å². The Morgan fingerprint density at radius 2 is 2.05 bits per heavy atom. The van der Waals surface area contributed by atoms with Crippen LogP contribution in [0.4, 0.5) is 5.69 Å². The van der Waals surface area contributed by atoms with E-state index in [1.807, 2.05) is 26.0 Å². The van der Waals surface area contributed by atoms with E-state index in [1.54, 1.807) is 7.11 Å². The van der Waals surface area contributed by atoms with Crippen LogP contribution in [0.15, 0.2) is 12.1 Å². The summed E-state index contributed by atoms with van der Waals surface area (Å²) in [6.07, 6.45) is 3.01. The smallest absolute Gasteiger partial charge is 0.225 e. The molecule has 1 aliphatic carbocycles. The highest BCUT2D eigenvalue weighted by molar-refractivity contribution is 5.91. The summed E-state index contributed by atoms with van der Waals surface area (Å²) < 4.78 is 5.26. The Kier molecular flexibility index (Phi) is 4.43. The number of carbonyl (C=O) groups is 1. The van der Waals surface area contributed by atoms with Crippen LogP contribution in [0.2, 0.25) is 0 Å². The number of ether oxygens (including phenoxy) is 1. The van der Waals surface area contributed by atoms with E-state index < -0.39 is 0 Å². The number of amides is 1. The number of hydrogen-bond donors (Lipinski definition) is 2. The second kappa shape index (κ2) is 6.06. The Hall–Kier alpha value is -1.55. The fourth-order valence-electron chi connectivity index (χ4n) is 2.03. The maximum Gasteiger partial charge on any atom is 0.225 e. The molecule has 0 aromatic heterocycles. The second-order valence-corrected chi connectivity index (χ2v) is 5.16. The van der Waals surface area contributed by atoms with Gasteiger partial charge in [0, 0.05) is 24.7 Å². The number of hydrogen-bond acceptors (Lipinski definition) is 3. The van der Waals surface area contributed by atoms with Gasteiger partial charge >= 0.3 is 0 Å². The van der Waals surface area contributed by atoms with Gasteiger partial charge in [0.15, 0.2) is 0 Å². The number of benzene rings is 1. The van der Waals surface area contributed by atoms with Crippen LogP contribution < -0.4 is 15.4 Å². The number of methoxy groups -OCH3 is 1. The Bertz CT molecular complexity index is 467. The molecule has 19 heavy (non-hydrogen) atoms. The first-order chi connectivity index (χ1) is 9.10. The minimum atomic E-state index is 0.0563. The molecule has 1 saturated carbocycles. The van der Waals surface area contributed by atoms with E-state index in [0.29, 0.717) is 12.5 Å². The van der Waals surface area contributed by atoms with Crippen molar-refractivity contribution >= 4 is 11.6 Å². The van der Waals surface area contributed by atoms with Crippen LogP contribution in [0.25, 0.3) is 0 Å². The van der Waals surface area contributed by atoms with Crippen molar-refractivity contribution < 1.29 is 9.53 Å². The van der Waals surface area contributed by atoms with Crippen LogP contribution in [0, 0.1) is 13.8 Å². The number of nitrogens with one attached hydrogen (secondary N) is 2. The highest BCUT2D eigenvalue weighted by Crippen LogP contribution is 2.26. The number of carbonyl (C=O) groups excluding carboxylic acids is 1. The van der Waals surface area contributed by atoms with Gasteiger partial charge < -0.3 is 15.4 Å². The van der Waals surface area contributed by atoms with E-state index in [9.17, 15) is 4.79 Å². The van der Waals surface area contributed by atoms with E-state index in [4.69, 9.17) is 4.74 Å². The molecule has 1 aromatic rings. The Balaban J connectivity index is 1.89. The molecule has 4 nitrogen and oxygen atoms in total. The van der Waals surface area contributed by atoms with Gasteiger partial charge in [-0.15, -0.1) is 0 Å². The van der Waals surface area contributed by atoms with Gasteiger partial charge in [-0.3, -0.25) is 4.79 Å². The minimum absolute atomic E-state index is 0.0563. The SMILES string of the molecule is COc1cc(C)c(NC(=O)CCNC2CC2)cc1C. The summed E-state index contributed by atoms with van der Waals surface area (Å²) in [6.45, 7) is 4.70. The summed E-state index contributed by atoms with van der Waals surface area (Å²) >= 11 is 0. The molecule has 0 heterocycles. The Morgan fingerprint density at radius 1 is 1.32 bits per heavy atom. The monoisotopic (exact) mass is 262 g/mol. The predicted molar refractivity (Wildman–Crippen MR) is 76.7 cm³/mol. The second-order valence-electron chi connectivity index (χ2n) is 5.16. The third kappa shape index (κ3) is 3.96. The van der Waals surface area contributed by atoms with Gasteiger partial charge in [0.25, 0.3) is 0 Å². The van der Waals surface area contributed by atoms with Crippen molar-refractivity contribution in [3.63, 3.8) is 0 Å². The van der Waals surface area contributed by atoms with E-state index in [0.717, 1.165) is 29.1 Å². The maximum atomic E-state index is 11.8. The predicted octanol–water partition coefficient (Wildman–Crippen LogP) is 2.39. The average molecular weight is 262 g/mol. The lowest BCUT2D eigenvalue weighted by Crippen LogP contribution is -2.23. The Labute approximate surface area is 114 Å². The molecule has 0 atom stereocenters. The summed E-state index contributed by atoms with van der Waals surface area (Å²) in [7, 11) is 1.66. The molecular weight excluding hydrogens is 240 g/mol. The zero-order chi connectivity index (χ0) is 13.8. The average Bonchev–Trinajstić information content (AvgIpc) is 3.17. The molecule has 0 saturated heterocycles. The highest BCUT2D eigenvalue weighted by Gasteiger charge is 2.20. The first-order valence-corrected chi connectivity index (χ1v) is 6.78. The van der Waals surface area contributed by atoms with E-state index in [1.165, 1.54) is 12.8 Å².